The van der Waals surface area contributed by atoms with Gasteiger partial charge in [0.1, 0.15) is 0 Å². The van der Waals surface area contributed by atoms with Gasteiger partial charge in [0, 0.05) is 35.7 Å². The van der Waals surface area contributed by atoms with E-state index in [2.05, 4.69) is 40.3 Å². The number of hydrogen-bond acceptors (Lipinski definition) is 5. The number of nitrogens with one attached hydrogen (secondary N) is 1. The summed E-state index contributed by atoms with van der Waals surface area (Å²) in [4.78, 5) is 19.0. The molecule has 0 radical (unpaired) electrons. The van der Waals surface area contributed by atoms with E-state index < -0.39 is 0 Å². The molecule has 2 aromatic carbocycles. The molecule has 3 rings (SSSR count). The van der Waals surface area contributed by atoms with Crippen molar-refractivity contribution in [3.05, 3.63) is 65.0 Å². The van der Waals surface area contributed by atoms with Gasteiger partial charge in [-0.2, -0.15) is 4.98 Å². The summed E-state index contributed by atoms with van der Waals surface area (Å²) in [6, 6.07) is 15.2. The van der Waals surface area contributed by atoms with E-state index in [1.165, 1.54) is 5.56 Å². The van der Waals surface area contributed by atoms with Crippen molar-refractivity contribution in [3.8, 4) is 11.4 Å². The molecule has 0 spiro atoms. The van der Waals surface area contributed by atoms with Gasteiger partial charge in [0.05, 0.1) is 0 Å². The number of carbonyl (C=O) groups excluding carboxylic acids is 1. The minimum absolute atomic E-state index is 0.0868. The van der Waals surface area contributed by atoms with Crippen LogP contribution < -0.4 is 5.32 Å². The quantitative estimate of drug-likeness (QED) is 0.546. The first kappa shape index (κ1) is 21.0. The lowest BCUT2D eigenvalue weighted by molar-refractivity contribution is -0.116. The van der Waals surface area contributed by atoms with Crippen LogP contribution in [0.5, 0.6) is 0 Å². The summed E-state index contributed by atoms with van der Waals surface area (Å²) in [6.45, 7) is 7.15. The lowest BCUT2D eigenvalue weighted by Gasteiger charge is -2.18. The molecule has 0 fully saturated rings. The van der Waals surface area contributed by atoms with Crippen LogP contribution >= 0.6 is 11.6 Å². The minimum Gasteiger partial charge on any atom is -0.339 e. The van der Waals surface area contributed by atoms with Gasteiger partial charge < -0.3 is 9.84 Å². The molecule has 6 nitrogen and oxygen atoms in total. The van der Waals surface area contributed by atoms with Gasteiger partial charge in [0.15, 0.2) is 0 Å². The van der Waals surface area contributed by atoms with Gasteiger partial charge in [-0.15, -0.1) is 0 Å². The van der Waals surface area contributed by atoms with Crippen LogP contribution in [0, 0.1) is 0 Å². The Morgan fingerprint density at radius 3 is 2.62 bits per heavy atom. The molecule has 152 valence electrons. The predicted molar refractivity (Wildman–Crippen MR) is 115 cm³/mol. The van der Waals surface area contributed by atoms with Crippen molar-refractivity contribution in [2.24, 2.45) is 0 Å². The number of aryl methyl sites for hydroxylation is 1. The normalized spacial score (nSPS) is 11.0. The molecule has 0 aliphatic heterocycles. The van der Waals surface area contributed by atoms with E-state index in [4.69, 9.17) is 16.1 Å². The number of nitrogens with zero attached hydrogens (tertiary/aromatic N) is 3. The second-order valence-electron chi connectivity index (χ2n) is 6.73. The van der Waals surface area contributed by atoms with Crippen LogP contribution in [0.15, 0.2) is 53.1 Å². The molecule has 0 saturated carbocycles. The highest BCUT2D eigenvalue weighted by atomic mass is 35.5. The van der Waals surface area contributed by atoms with Gasteiger partial charge in [-0.1, -0.05) is 42.7 Å². The molecule has 0 saturated heterocycles. The maximum atomic E-state index is 12.3. The van der Waals surface area contributed by atoms with E-state index in [-0.39, 0.29) is 12.3 Å². The second-order valence-corrected chi connectivity index (χ2v) is 7.16. The first-order chi connectivity index (χ1) is 14.1. The molecule has 0 bridgehead atoms. The molecule has 1 aromatic heterocycles. The Morgan fingerprint density at radius 1 is 1.14 bits per heavy atom. The summed E-state index contributed by atoms with van der Waals surface area (Å²) >= 11 is 5.89. The third-order valence-electron chi connectivity index (χ3n) is 4.65. The summed E-state index contributed by atoms with van der Waals surface area (Å²) in [5.41, 5.74) is 2.79. The zero-order valence-electron chi connectivity index (χ0n) is 16.7. The molecular weight excluding hydrogens is 388 g/mol. The molecule has 1 N–H and O–H groups in total. The van der Waals surface area contributed by atoms with Crippen LogP contribution in [0.25, 0.3) is 11.4 Å². The largest absolute Gasteiger partial charge is 0.339 e. The van der Waals surface area contributed by atoms with Crippen LogP contribution in [-0.4, -0.2) is 34.0 Å². The maximum absolute atomic E-state index is 12.3. The highest BCUT2D eigenvalue weighted by molar-refractivity contribution is 6.30. The molecule has 1 heterocycles. The van der Waals surface area contributed by atoms with Gasteiger partial charge in [-0.3, -0.25) is 9.69 Å². The summed E-state index contributed by atoms with van der Waals surface area (Å²) in [7, 11) is 0. The molecule has 0 aliphatic rings. The van der Waals surface area contributed by atoms with Crippen LogP contribution in [0.2, 0.25) is 5.02 Å². The molecule has 3 aromatic rings. The Kier molecular flexibility index (Phi) is 7.38. The Bertz CT molecular complexity index is 936. The summed E-state index contributed by atoms with van der Waals surface area (Å²) < 4.78 is 5.26. The zero-order valence-corrected chi connectivity index (χ0v) is 17.4. The Balaban J connectivity index is 1.53. The lowest BCUT2D eigenvalue weighted by Crippen LogP contribution is -2.22. The van der Waals surface area contributed by atoms with Crippen molar-refractivity contribution in [2.45, 2.75) is 33.2 Å². The standard InChI is InChI=1S/C22H25ClN4O2/c1-3-27(4-2)15-16-6-5-7-19(14-16)24-20(28)12-13-21-25-22(26-29-21)17-8-10-18(23)11-9-17/h5-11,14H,3-4,12-13,15H2,1-2H3,(H,24,28). The number of benzene rings is 2. The molecule has 0 aliphatic carbocycles. The Labute approximate surface area is 175 Å². The van der Waals surface area contributed by atoms with Crippen LogP contribution in [-0.2, 0) is 17.8 Å². The number of amides is 1. The molecular formula is C22H25ClN4O2. The topological polar surface area (TPSA) is 71.3 Å². The molecule has 7 heteroatoms. The third-order valence-corrected chi connectivity index (χ3v) is 4.90. The van der Waals surface area contributed by atoms with Crippen molar-refractivity contribution in [1.82, 2.24) is 15.0 Å². The average Bonchev–Trinajstić information content (AvgIpc) is 3.20. The fraction of sp³-hybridized carbons (Fsp3) is 0.318. The molecule has 0 unspecified atom stereocenters. The van der Waals surface area contributed by atoms with Crippen molar-refractivity contribution >= 4 is 23.2 Å². The highest BCUT2D eigenvalue weighted by Gasteiger charge is 2.11. The monoisotopic (exact) mass is 412 g/mol. The van der Waals surface area contributed by atoms with Gasteiger partial charge >= 0.3 is 0 Å². The zero-order chi connectivity index (χ0) is 20.6. The van der Waals surface area contributed by atoms with Crippen molar-refractivity contribution in [2.75, 3.05) is 18.4 Å². The van der Waals surface area contributed by atoms with Gasteiger partial charge in [0.2, 0.25) is 17.6 Å². The highest BCUT2D eigenvalue weighted by Crippen LogP contribution is 2.19. The fourth-order valence-electron chi connectivity index (χ4n) is 2.97. The first-order valence-electron chi connectivity index (χ1n) is 9.77. The molecule has 29 heavy (non-hydrogen) atoms. The van der Waals surface area contributed by atoms with E-state index in [0.29, 0.717) is 23.2 Å². The summed E-state index contributed by atoms with van der Waals surface area (Å²) in [5.74, 6) is 0.831. The smallest absolute Gasteiger partial charge is 0.227 e. The second kappa shape index (κ2) is 10.2. The van der Waals surface area contributed by atoms with Crippen LogP contribution in [0.4, 0.5) is 5.69 Å². The van der Waals surface area contributed by atoms with E-state index in [1.807, 2.05) is 30.3 Å². The Morgan fingerprint density at radius 2 is 1.90 bits per heavy atom. The number of hydrogen-bond donors (Lipinski definition) is 1. The fourth-order valence-corrected chi connectivity index (χ4v) is 3.10. The number of aromatic nitrogens is 2. The van der Waals surface area contributed by atoms with Crippen LogP contribution in [0.1, 0.15) is 31.7 Å². The van der Waals surface area contributed by atoms with E-state index in [9.17, 15) is 4.79 Å². The maximum Gasteiger partial charge on any atom is 0.227 e. The van der Waals surface area contributed by atoms with E-state index >= 15 is 0 Å². The van der Waals surface area contributed by atoms with Crippen molar-refractivity contribution in [3.63, 3.8) is 0 Å². The van der Waals surface area contributed by atoms with E-state index in [1.54, 1.807) is 12.1 Å². The lowest BCUT2D eigenvalue weighted by atomic mass is 10.1. The summed E-state index contributed by atoms with van der Waals surface area (Å²) in [5, 5.41) is 7.56. The SMILES string of the molecule is CCN(CC)Cc1cccc(NC(=O)CCc2nc(-c3ccc(Cl)cc3)no2)c1. The van der Waals surface area contributed by atoms with Crippen LogP contribution in [0.3, 0.4) is 0 Å². The van der Waals surface area contributed by atoms with Crippen molar-refractivity contribution in [1.29, 1.82) is 0 Å². The molecule has 1 amide bonds. The van der Waals surface area contributed by atoms with Gasteiger partial charge in [0.25, 0.3) is 0 Å². The number of anilines is 1. The first-order valence-corrected chi connectivity index (χ1v) is 10.1. The number of carbonyl (C=O) groups is 1. The minimum atomic E-state index is -0.0868. The van der Waals surface area contributed by atoms with Gasteiger partial charge in [-0.05, 0) is 55.1 Å². The van der Waals surface area contributed by atoms with Crippen molar-refractivity contribution < 1.29 is 9.32 Å². The predicted octanol–water partition coefficient (Wildman–Crippen LogP) is 4.80. The Hall–Kier alpha value is -2.70. The third kappa shape index (κ3) is 6.14. The van der Waals surface area contributed by atoms with Gasteiger partial charge in [-0.25, -0.2) is 0 Å². The molecule has 0 atom stereocenters. The number of rotatable bonds is 9. The summed E-state index contributed by atoms with van der Waals surface area (Å²) in [6.07, 6.45) is 0.647. The number of halogens is 1. The average molecular weight is 413 g/mol. The van der Waals surface area contributed by atoms with E-state index in [0.717, 1.165) is 30.9 Å².